The number of rotatable bonds is 6. The van der Waals surface area contributed by atoms with Gasteiger partial charge >= 0.3 is 0 Å². The highest BCUT2D eigenvalue weighted by Gasteiger charge is 2.31. The summed E-state index contributed by atoms with van der Waals surface area (Å²) in [5.41, 5.74) is 4.51. The molecule has 0 bridgehead atoms. The molecule has 0 aliphatic carbocycles. The van der Waals surface area contributed by atoms with Crippen LogP contribution in [-0.4, -0.2) is 57.7 Å². The van der Waals surface area contributed by atoms with Crippen LogP contribution in [0, 0.1) is 6.92 Å². The fraction of sp³-hybridized carbons (Fsp3) is 0.276. The minimum absolute atomic E-state index is 0.0903. The number of carbonyl (C=O) groups excluding carboxylic acids is 1. The van der Waals surface area contributed by atoms with Crippen LogP contribution < -0.4 is 4.74 Å². The largest absolute Gasteiger partial charge is 0.489 e. The second-order valence-corrected chi connectivity index (χ2v) is 10.3. The summed E-state index contributed by atoms with van der Waals surface area (Å²) in [7, 11) is 0. The van der Waals surface area contributed by atoms with Gasteiger partial charge in [0.2, 0.25) is 0 Å². The van der Waals surface area contributed by atoms with Crippen molar-refractivity contribution in [1.29, 1.82) is 0 Å². The Kier molecular flexibility index (Phi) is 7.30. The van der Waals surface area contributed by atoms with Gasteiger partial charge in [0.25, 0.3) is 5.91 Å². The number of thioether (sulfide) groups is 1. The number of morpholine rings is 1. The summed E-state index contributed by atoms with van der Waals surface area (Å²) in [6.07, 6.45) is 5.76. The van der Waals surface area contributed by atoms with Crippen molar-refractivity contribution >= 4 is 28.9 Å². The van der Waals surface area contributed by atoms with E-state index in [0.29, 0.717) is 24.6 Å². The fourth-order valence-electron chi connectivity index (χ4n) is 4.55. The fourth-order valence-corrected chi connectivity index (χ4v) is 5.47. The van der Waals surface area contributed by atoms with Gasteiger partial charge < -0.3 is 14.4 Å². The number of para-hydroxylation sites is 1. The average Bonchev–Trinajstić information content (AvgIpc) is 3.47. The molecule has 1 aromatic heterocycles. The molecule has 1 amide bonds. The summed E-state index contributed by atoms with van der Waals surface area (Å²) >= 11 is 1.41. The predicted molar refractivity (Wildman–Crippen MR) is 149 cm³/mol. The van der Waals surface area contributed by atoms with E-state index >= 15 is 0 Å². The molecule has 0 saturated carbocycles. The second-order valence-electron chi connectivity index (χ2n) is 9.27. The molecular formula is C29H30N4O3S. The number of ether oxygens (including phenoxy) is 2. The average molecular weight is 515 g/mol. The van der Waals surface area contributed by atoms with E-state index in [1.165, 1.54) is 11.8 Å². The van der Waals surface area contributed by atoms with Gasteiger partial charge in [0.1, 0.15) is 18.1 Å². The van der Waals surface area contributed by atoms with E-state index in [4.69, 9.17) is 14.6 Å². The highest BCUT2D eigenvalue weighted by Crippen LogP contribution is 2.35. The van der Waals surface area contributed by atoms with Crippen molar-refractivity contribution in [3.05, 3.63) is 83.4 Å². The van der Waals surface area contributed by atoms with Gasteiger partial charge in [-0.1, -0.05) is 30.9 Å². The van der Waals surface area contributed by atoms with Crippen LogP contribution in [0.25, 0.3) is 23.0 Å². The van der Waals surface area contributed by atoms with E-state index < -0.39 is 0 Å². The summed E-state index contributed by atoms with van der Waals surface area (Å²) < 4.78 is 13.4. The summed E-state index contributed by atoms with van der Waals surface area (Å²) in [5.74, 6) is 0.578. The van der Waals surface area contributed by atoms with Gasteiger partial charge in [-0.2, -0.15) is 10.1 Å². The van der Waals surface area contributed by atoms with Crippen LogP contribution >= 0.6 is 11.8 Å². The molecule has 5 rings (SSSR count). The molecule has 2 aliphatic heterocycles. The number of carbonyl (C=O) groups is 1. The van der Waals surface area contributed by atoms with Crippen molar-refractivity contribution in [3.63, 3.8) is 0 Å². The zero-order valence-electron chi connectivity index (χ0n) is 21.3. The van der Waals surface area contributed by atoms with Crippen LogP contribution in [0.4, 0.5) is 0 Å². The molecule has 1 fully saturated rings. The Morgan fingerprint density at radius 2 is 1.92 bits per heavy atom. The summed E-state index contributed by atoms with van der Waals surface area (Å²) in [5, 5.41) is 5.64. The van der Waals surface area contributed by atoms with E-state index in [1.54, 1.807) is 6.08 Å². The SMILES string of the molecule is C=CCOc1ccc(-c2nn(-c3ccccc3)cc2/C=C2\SC(N3CC(C)OC(C)C3)=NC2=O)cc1C. The van der Waals surface area contributed by atoms with E-state index in [9.17, 15) is 4.79 Å². The second kappa shape index (κ2) is 10.8. The van der Waals surface area contributed by atoms with Gasteiger partial charge in [0.05, 0.1) is 22.8 Å². The van der Waals surface area contributed by atoms with Gasteiger partial charge in [-0.05, 0) is 74.5 Å². The van der Waals surface area contributed by atoms with Crippen molar-refractivity contribution in [2.75, 3.05) is 19.7 Å². The smallest absolute Gasteiger partial charge is 0.286 e. The van der Waals surface area contributed by atoms with Crippen molar-refractivity contribution in [3.8, 4) is 22.7 Å². The minimum Gasteiger partial charge on any atom is -0.489 e. The molecule has 2 aliphatic rings. The first-order valence-electron chi connectivity index (χ1n) is 12.3. The highest BCUT2D eigenvalue weighted by molar-refractivity contribution is 8.18. The number of aromatic nitrogens is 2. The van der Waals surface area contributed by atoms with Crippen LogP contribution in [-0.2, 0) is 9.53 Å². The third-order valence-electron chi connectivity index (χ3n) is 6.15. The Morgan fingerprint density at radius 1 is 1.16 bits per heavy atom. The van der Waals surface area contributed by atoms with Gasteiger partial charge in [-0.3, -0.25) is 4.79 Å². The maximum atomic E-state index is 12.9. The molecule has 190 valence electrons. The lowest BCUT2D eigenvalue weighted by atomic mass is 10.0. The van der Waals surface area contributed by atoms with Crippen molar-refractivity contribution in [2.24, 2.45) is 4.99 Å². The number of aryl methyl sites for hydroxylation is 1. The molecule has 8 heteroatoms. The third kappa shape index (κ3) is 5.55. The number of hydrogen-bond donors (Lipinski definition) is 0. The maximum absolute atomic E-state index is 12.9. The molecule has 0 spiro atoms. The Labute approximate surface area is 221 Å². The van der Waals surface area contributed by atoms with E-state index in [0.717, 1.165) is 39.0 Å². The zero-order chi connectivity index (χ0) is 25.9. The topological polar surface area (TPSA) is 68.9 Å². The molecular weight excluding hydrogens is 484 g/mol. The number of hydrogen-bond acceptors (Lipinski definition) is 6. The first-order valence-corrected chi connectivity index (χ1v) is 13.2. The molecule has 0 radical (unpaired) electrons. The number of amides is 1. The van der Waals surface area contributed by atoms with Crippen molar-refractivity contribution < 1.29 is 14.3 Å². The van der Waals surface area contributed by atoms with E-state index in [1.807, 2.05) is 80.2 Å². The highest BCUT2D eigenvalue weighted by atomic mass is 32.2. The molecule has 0 N–H and O–H groups in total. The number of amidine groups is 1. The first kappa shape index (κ1) is 25.0. The summed E-state index contributed by atoms with van der Waals surface area (Å²) in [6, 6.07) is 15.9. The molecule has 3 aromatic rings. The standard InChI is InChI=1S/C29H30N4O3S/c1-5-13-35-25-12-11-22(14-19(25)2)27-23(18-33(31-27)24-9-7-6-8-10-24)15-26-28(34)30-29(37-26)32-16-20(3)36-21(4)17-32/h5-12,14-15,18,20-21H,1,13,16-17H2,2-4H3/b26-15-. The van der Waals surface area contributed by atoms with Crippen molar-refractivity contribution in [1.82, 2.24) is 14.7 Å². The Hall–Kier alpha value is -3.62. The van der Waals surface area contributed by atoms with Crippen molar-refractivity contribution in [2.45, 2.75) is 33.0 Å². The minimum atomic E-state index is -0.227. The lowest BCUT2D eigenvalue weighted by Gasteiger charge is -2.35. The molecule has 1 saturated heterocycles. The predicted octanol–water partition coefficient (Wildman–Crippen LogP) is 5.49. The molecule has 2 atom stereocenters. The third-order valence-corrected chi connectivity index (χ3v) is 7.20. The Morgan fingerprint density at radius 3 is 2.62 bits per heavy atom. The van der Waals surface area contributed by atoms with E-state index in [2.05, 4.69) is 22.5 Å². The quantitative estimate of drug-likeness (QED) is 0.320. The van der Waals surface area contributed by atoms with Crippen LogP contribution in [0.3, 0.4) is 0 Å². The van der Waals surface area contributed by atoms with Gasteiger partial charge in [0.15, 0.2) is 5.17 Å². The number of benzene rings is 2. The first-order chi connectivity index (χ1) is 17.9. The Balaban J connectivity index is 1.49. The van der Waals surface area contributed by atoms with Crippen LogP contribution in [0.2, 0.25) is 0 Å². The van der Waals surface area contributed by atoms with Crippen LogP contribution in [0.15, 0.2) is 77.3 Å². The normalized spacial score (nSPS) is 20.8. The molecule has 7 nitrogen and oxygen atoms in total. The van der Waals surface area contributed by atoms with Crippen LogP contribution in [0.1, 0.15) is 25.0 Å². The lowest BCUT2D eigenvalue weighted by Crippen LogP contribution is -2.47. The monoisotopic (exact) mass is 514 g/mol. The van der Waals surface area contributed by atoms with Gasteiger partial charge in [-0.15, -0.1) is 0 Å². The molecule has 2 aromatic carbocycles. The lowest BCUT2D eigenvalue weighted by molar-refractivity contribution is -0.113. The molecule has 37 heavy (non-hydrogen) atoms. The Bertz CT molecular complexity index is 1370. The number of nitrogens with zero attached hydrogens (tertiary/aromatic N) is 4. The van der Waals surface area contributed by atoms with E-state index in [-0.39, 0.29) is 18.1 Å². The maximum Gasteiger partial charge on any atom is 0.286 e. The molecule has 3 heterocycles. The summed E-state index contributed by atoms with van der Waals surface area (Å²) in [6.45, 7) is 11.7. The summed E-state index contributed by atoms with van der Waals surface area (Å²) in [4.78, 5) is 20.0. The molecule has 2 unspecified atom stereocenters. The zero-order valence-corrected chi connectivity index (χ0v) is 22.1. The van der Waals surface area contributed by atoms with Gasteiger partial charge in [0, 0.05) is 30.4 Å². The van der Waals surface area contributed by atoms with Gasteiger partial charge in [-0.25, -0.2) is 4.68 Å². The van der Waals surface area contributed by atoms with Crippen LogP contribution in [0.5, 0.6) is 5.75 Å². The number of aliphatic imine (C=N–C) groups is 1.